The van der Waals surface area contributed by atoms with E-state index < -0.39 is 0 Å². The molecule has 4 nitrogen and oxygen atoms in total. The second-order valence-corrected chi connectivity index (χ2v) is 6.00. The van der Waals surface area contributed by atoms with Crippen molar-refractivity contribution in [2.75, 3.05) is 0 Å². The van der Waals surface area contributed by atoms with E-state index in [2.05, 4.69) is 33.0 Å². The molecular formula is C15H28N2O2. The van der Waals surface area contributed by atoms with E-state index in [1.807, 2.05) is 11.8 Å². The Morgan fingerprint density at radius 3 is 2.32 bits per heavy atom. The summed E-state index contributed by atoms with van der Waals surface area (Å²) in [4.78, 5) is 26.6. The minimum Gasteiger partial charge on any atom is -0.343 e. The fourth-order valence-electron chi connectivity index (χ4n) is 2.81. The van der Waals surface area contributed by atoms with E-state index in [-0.39, 0.29) is 29.9 Å². The fraction of sp³-hybridized carbons (Fsp3) is 0.867. The summed E-state index contributed by atoms with van der Waals surface area (Å²) in [5, 5.41) is 2.87. The Morgan fingerprint density at radius 1 is 1.21 bits per heavy atom. The lowest BCUT2D eigenvalue weighted by molar-refractivity contribution is -0.152. The molecule has 0 aliphatic carbocycles. The van der Waals surface area contributed by atoms with Crippen LogP contribution in [0.25, 0.3) is 0 Å². The predicted octanol–water partition coefficient (Wildman–Crippen LogP) is 2.33. The van der Waals surface area contributed by atoms with E-state index in [0.717, 1.165) is 19.3 Å². The molecule has 19 heavy (non-hydrogen) atoms. The summed E-state index contributed by atoms with van der Waals surface area (Å²) in [6, 6.07) is -0.492. The van der Waals surface area contributed by atoms with Crippen molar-refractivity contribution in [3.05, 3.63) is 0 Å². The Balaban J connectivity index is 2.97. The van der Waals surface area contributed by atoms with Gasteiger partial charge in [-0.25, -0.2) is 0 Å². The molecule has 0 bridgehead atoms. The topological polar surface area (TPSA) is 49.4 Å². The summed E-state index contributed by atoms with van der Waals surface area (Å²) >= 11 is 0. The molecule has 4 heteroatoms. The van der Waals surface area contributed by atoms with E-state index >= 15 is 0 Å². The van der Waals surface area contributed by atoms with Crippen molar-refractivity contribution in [3.63, 3.8) is 0 Å². The van der Waals surface area contributed by atoms with Crippen molar-refractivity contribution in [2.45, 2.75) is 78.4 Å². The molecule has 1 heterocycles. The molecule has 0 aromatic carbocycles. The molecule has 3 unspecified atom stereocenters. The van der Waals surface area contributed by atoms with Gasteiger partial charge in [-0.05, 0) is 32.1 Å². The van der Waals surface area contributed by atoms with Gasteiger partial charge in [-0.15, -0.1) is 0 Å². The Kier molecular flexibility index (Phi) is 5.83. The van der Waals surface area contributed by atoms with E-state index in [1.54, 1.807) is 0 Å². The van der Waals surface area contributed by atoms with Crippen LogP contribution in [0.5, 0.6) is 0 Å². The van der Waals surface area contributed by atoms with Gasteiger partial charge in [-0.3, -0.25) is 9.59 Å². The van der Waals surface area contributed by atoms with Crippen LogP contribution in [-0.4, -0.2) is 34.8 Å². The predicted molar refractivity (Wildman–Crippen MR) is 76.7 cm³/mol. The third kappa shape index (κ3) is 3.71. The van der Waals surface area contributed by atoms with Gasteiger partial charge in [0.15, 0.2) is 0 Å². The third-order valence-corrected chi connectivity index (χ3v) is 3.79. The number of carbonyl (C=O) groups excluding carboxylic acids is 2. The highest BCUT2D eigenvalue weighted by Crippen LogP contribution is 2.22. The van der Waals surface area contributed by atoms with Crippen LogP contribution in [0.4, 0.5) is 0 Å². The Morgan fingerprint density at radius 2 is 1.84 bits per heavy atom. The first-order valence-electron chi connectivity index (χ1n) is 7.54. The smallest absolute Gasteiger partial charge is 0.246 e. The summed E-state index contributed by atoms with van der Waals surface area (Å²) in [6.07, 6.45) is 3.37. The summed E-state index contributed by atoms with van der Waals surface area (Å²) in [6.45, 7) is 10.3. The van der Waals surface area contributed by atoms with Crippen LogP contribution in [0.1, 0.15) is 60.3 Å². The Hall–Kier alpha value is -1.06. The lowest BCUT2D eigenvalue weighted by Gasteiger charge is -2.43. The molecule has 1 saturated heterocycles. The first-order chi connectivity index (χ1) is 8.92. The van der Waals surface area contributed by atoms with Crippen LogP contribution >= 0.6 is 0 Å². The molecule has 2 amide bonds. The monoisotopic (exact) mass is 268 g/mol. The van der Waals surface area contributed by atoms with Gasteiger partial charge in [0.2, 0.25) is 11.8 Å². The Bertz CT molecular complexity index is 328. The summed E-state index contributed by atoms with van der Waals surface area (Å²) < 4.78 is 0. The second-order valence-electron chi connectivity index (χ2n) is 6.00. The quantitative estimate of drug-likeness (QED) is 0.803. The number of piperazine rings is 1. The average Bonchev–Trinajstić information content (AvgIpc) is 2.33. The van der Waals surface area contributed by atoms with Gasteiger partial charge in [-0.2, -0.15) is 0 Å². The molecule has 1 aliphatic heterocycles. The second kappa shape index (κ2) is 6.92. The molecular weight excluding hydrogens is 240 g/mol. The summed E-state index contributed by atoms with van der Waals surface area (Å²) in [5.74, 6) is 0.509. The molecule has 0 aromatic heterocycles. The van der Waals surface area contributed by atoms with Crippen LogP contribution in [0.2, 0.25) is 0 Å². The number of nitrogens with one attached hydrogen (secondary N) is 1. The van der Waals surface area contributed by atoms with Crippen molar-refractivity contribution >= 4 is 11.8 Å². The van der Waals surface area contributed by atoms with Crippen LogP contribution in [0.3, 0.4) is 0 Å². The number of rotatable bonds is 6. The standard InChI is InChI=1S/C15H28N2O2/c1-6-8-11(5)17-13(9-10(3)4)14(18)16-12(7-2)15(17)19/h10-13H,6-9H2,1-5H3,(H,16,18). The lowest BCUT2D eigenvalue weighted by atomic mass is 9.94. The van der Waals surface area contributed by atoms with Gasteiger partial charge >= 0.3 is 0 Å². The number of hydrogen-bond acceptors (Lipinski definition) is 2. The maximum Gasteiger partial charge on any atom is 0.246 e. The highest BCUT2D eigenvalue weighted by molar-refractivity contribution is 5.97. The summed E-state index contributed by atoms with van der Waals surface area (Å²) in [7, 11) is 0. The molecule has 0 aromatic rings. The average molecular weight is 268 g/mol. The minimum absolute atomic E-state index is 0.0168. The fourth-order valence-corrected chi connectivity index (χ4v) is 2.81. The highest BCUT2D eigenvalue weighted by Gasteiger charge is 2.41. The van der Waals surface area contributed by atoms with Crippen molar-refractivity contribution in [2.24, 2.45) is 5.92 Å². The van der Waals surface area contributed by atoms with E-state index in [4.69, 9.17) is 0 Å². The summed E-state index contributed by atoms with van der Waals surface area (Å²) in [5.41, 5.74) is 0. The molecule has 1 rings (SSSR count). The van der Waals surface area contributed by atoms with Crippen LogP contribution in [-0.2, 0) is 9.59 Å². The van der Waals surface area contributed by atoms with Crippen molar-refractivity contribution in [3.8, 4) is 0 Å². The zero-order valence-electron chi connectivity index (χ0n) is 12.9. The maximum atomic E-state index is 12.5. The zero-order chi connectivity index (χ0) is 14.6. The number of nitrogens with zero attached hydrogens (tertiary/aromatic N) is 1. The molecule has 1 fully saturated rings. The largest absolute Gasteiger partial charge is 0.343 e. The number of amides is 2. The molecule has 0 radical (unpaired) electrons. The zero-order valence-corrected chi connectivity index (χ0v) is 12.9. The van der Waals surface area contributed by atoms with Crippen molar-refractivity contribution < 1.29 is 9.59 Å². The van der Waals surface area contributed by atoms with Gasteiger partial charge in [0.1, 0.15) is 12.1 Å². The van der Waals surface area contributed by atoms with Crippen LogP contribution in [0.15, 0.2) is 0 Å². The van der Waals surface area contributed by atoms with Gasteiger partial charge in [-0.1, -0.05) is 34.1 Å². The normalized spacial score (nSPS) is 25.7. The molecule has 1 N–H and O–H groups in total. The van der Waals surface area contributed by atoms with Crippen molar-refractivity contribution in [1.82, 2.24) is 10.2 Å². The SMILES string of the molecule is CCCC(C)N1C(=O)C(CC)NC(=O)C1CC(C)C. The number of hydrogen-bond donors (Lipinski definition) is 1. The van der Waals surface area contributed by atoms with Gasteiger partial charge < -0.3 is 10.2 Å². The van der Waals surface area contributed by atoms with Crippen LogP contribution in [0, 0.1) is 5.92 Å². The van der Waals surface area contributed by atoms with E-state index in [9.17, 15) is 9.59 Å². The van der Waals surface area contributed by atoms with Gasteiger partial charge in [0.05, 0.1) is 0 Å². The maximum absolute atomic E-state index is 12.5. The van der Waals surface area contributed by atoms with Crippen molar-refractivity contribution in [1.29, 1.82) is 0 Å². The third-order valence-electron chi connectivity index (χ3n) is 3.79. The lowest BCUT2D eigenvalue weighted by Crippen LogP contribution is -2.65. The first kappa shape index (κ1) is 16.0. The molecule has 0 spiro atoms. The molecule has 1 aliphatic rings. The molecule has 3 atom stereocenters. The number of carbonyl (C=O) groups is 2. The van der Waals surface area contributed by atoms with Gasteiger partial charge in [0.25, 0.3) is 0 Å². The Labute approximate surface area is 116 Å². The minimum atomic E-state index is -0.338. The molecule has 110 valence electrons. The van der Waals surface area contributed by atoms with Gasteiger partial charge in [0, 0.05) is 6.04 Å². The van der Waals surface area contributed by atoms with Crippen LogP contribution < -0.4 is 5.32 Å². The van der Waals surface area contributed by atoms with E-state index in [1.165, 1.54) is 0 Å². The highest BCUT2D eigenvalue weighted by atomic mass is 16.2. The molecule has 0 saturated carbocycles. The van der Waals surface area contributed by atoms with E-state index in [0.29, 0.717) is 12.3 Å². The first-order valence-corrected chi connectivity index (χ1v) is 7.54.